The van der Waals surface area contributed by atoms with E-state index < -0.39 is 5.66 Å². The highest BCUT2D eigenvalue weighted by atomic mass is 16.5. The van der Waals surface area contributed by atoms with E-state index in [-0.39, 0.29) is 11.8 Å². The van der Waals surface area contributed by atoms with E-state index in [1.165, 1.54) is 0 Å². The molecule has 1 N–H and O–H groups in total. The molecule has 0 aliphatic carbocycles. The van der Waals surface area contributed by atoms with E-state index in [9.17, 15) is 9.59 Å². The minimum Gasteiger partial charge on any atom is -0.490 e. The third kappa shape index (κ3) is 5.07. The van der Waals surface area contributed by atoms with Crippen molar-refractivity contribution < 1.29 is 14.3 Å². The second kappa shape index (κ2) is 8.67. The van der Waals surface area contributed by atoms with Crippen molar-refractivity contribution in [3.63, 3.8) is 0 Å². The van der Waals surface area contributed by atoms with Gasteiger partial charge in [-0.15, -0.1) is 12.3 Å². The molecule has 0 unspecified atom stereocenters. The van der Waals surface area contributed by atoms with Crippen LogP contribution in [0.1, 0.15) is 38.5 Å². The van der Waals surface area contributed by atoms with E-state index in [4.69, 9.17) is 11.2 Å². The van der Waals surface area contributed by atoms with Gasteiger partial charge in [-0.25, -0.2) is 0 Å². The van der Waals surface area contributed by atoms with Crippen molar-refractivity contribution in [2.45, 2.75) is 44.2 Å². The number of nitrogens with zero attached hydrogens (tertiary/aromatic N) is 3. The monoisotopic (exact) mass is 368 g/mol. The predicted molar refractivity (Wildman–Crippen MR) is 101 cm³/mol. The molecule has 3 rings (SSSR count). The Balaban J connectivity index is 1.34. The second-order valence-corrected chi connectivity index (χ2v) is 6.70. The summed E-state index contributed by atoms with van der Waals surface area (Å²) in [6, 6.07) is 7.53. The van der Waals surface area contributed by atoms with Gasteiger partial charge in [0.25, 0.3) is 0 Å². The maximum Gasteiger partial charge on any atom is 0.227 e. The molecule has 1 aromatic rings. The third-order valence-electron chi connectivity index (χ3n) is 4.72. The summed E-state index contributed by atoms with van der Waals surface area (Å²) in [5.74, 6) is 3.31. The maximum absolute atomic E-state index is 12.5. The number of para-hydroxylation sites is 2. The van der Waals surface area contributed by atoms with Gasteiger partial charge in [0.15, 0.2) is 5.66 Å². The van der Waals surface area contributed by atoms with Crippen LogP contribution in [0.4, 0.5) is 5.69 Å². The Kier molecular flexibility index (Phi) is 6.07. The molecule has 0 fully saturated rings. The molecule has 0 spiro atoms. The fraction of sp³-hybridized carbons (Fsp3) is 0.500. The molecule has 0 saturated carbocycles. The zero-order valence-corrected chi connectivity index (χ0v) is 15.3. The Bertz CT molecular complexity index is 763. The number of benzene rings is 1. The van der Waals surface area contributed by atoms with Crippen LogP contribution in [0.5, 0.6) is 5.75 Å². The Hall–Kier alpha value is -2.88. The molecule has 2 heterocycles. The number of ether oxygens (including phenoxy) is 1. The molecule has 2 aliphatic heterocycles. The van der Waals surface area contributed by atoms with Crippen LogP contribution in [-0.2, 0) is 9.59 Å². The first-order valence-electron chi connectivity index (χ1n) is 9.30. The van der Waals surface area contributed by atoms with Crippen LogP contribution < -0.4 is 15.0 Å². The minimum absolute atomic E-state index is 0.0449. The summed E-state index contributed by atoms with van der Waals surface area (Å²) in [5, 5.41) is 10.9. The number of nitrogens with one attached hydrogen (secondary N) is 1. The van der Waals surface area contributed by atoms with Crippen molar-refractivity contribution in [2.24, 2.45) is 10.2 Å². The standard InChI is InChI=1S/C20H24N4O3/c1-2-3-11-20(22-23-20)12-10-18(25)21-13-6-9-19(26)24-14-15-27-17-8-5-4-7-16(17)24/h1,4-5,7-8H,3,6,9-15H2,(H,21,25). The van der Waals surface area contributed by atoms with Gasteiger partial charge >= 0.3 is 0 Å². The van der Waals surface area contributed by atoms with Crippen molar-refractivity contribution in [1.82, 2.24) is 5.32 Å². The number of fused-ring (bicyclic) bond motifs is 1. The lowest BCUT2D eigenvalue weighted by molar-refractivity contribution is -0.122. The average molecular weight is 368 g/mol. The van der Waals surface area contributed by atoms with Crippen LogP contribution >= 0.6 is 0 Å². The summed E-state index contributed by atoms with van der Waals surface area (Å²) in [4.78, 5) is 26.2. The van der Waals surface area contributed by atoms with Gasteiger partial charge < -0.3 is 15.0 Å². The molecule has 2 amide bonds. The van der Waals surface area contributed by atoms with Crippen LogP contribution in [0.25, 0.3) is 0 Å². The number of carbonyl (C=O) groups is 2. The second-order valence-electron chi connectivity index (χ2n) is 6.70. The van der Waals surface area contributed by atoms with Crippen LogP contribution in [0.2, 0.25) is 0 Å². The highest BCUT2D eigenvalue weighted by Crippen LogP contribution is 2.37. The molecule has 7 nitrogen and oxygen atoms in total. The van der Waals surface area contributed by atoms with E-state index in [2.05, 4.69) is 21.5 Å². The SMILES string of the molecule is C#CCCC1(CCC(=O)NCCCC(=O)N2CCOc3ccccc32)N=N1. The molecule has 0 atom stereocenters. The molecule has 0 saturated heterocycles. The van der Waals surface area contributed by atoms with Crippen LogP contribution in [-0.4, -0.2) is 37.2 Å². The Morgan fingerprint density at radius 3 is 2.85 bits per heavy atom. The molecule has 27 heavy (non-hydrogen) atoms. The summed E-state index contributed by atoms with van der Waals surface area (Å²) < 4.78 is 5.57. The van der Waals surface area contributed by atoms with E-state index in [1.54, 1.807) is 4.90 Å². The van der Waals surface area contributed by atoms with Gasteiger partial charge in [0, 0.05) is 38.6 Å². The molecular formula is C20H24N4O3. The molecule has 0 radical (unpaired) electrons. The number of carbonyl (C=O) groups excluding carboxylic acids is 2. The van der Waals surface area contributed by atoms with Crippen LogP contribution in [0, 0.1) is 12.3 Å². The number of rotatable bonds is 9. The lowest BCUT2D eigenvalue weighted by Gasteiger charge is -2.29. The third-order valence-corrected chi connectivity index (χ3v) is 4.72. The molecular weight excluding hydrogens is 344 g/mol. The smallest absolute Gasteiger partial charge is 0.227 e. The molecule has 142 valence electrons. The van der Waals surface area contributed by atoms with Crippen LogP contribution in [0.3, 0.4) is 0 Å². The number of terminal acetylenes is 1. The molecule has 7 heteroatoms. The summed E-state index contributed by atoms with van der Waals surface area (Å²) >= 11 is 0. The van der Waals surface area contributed by atoms with Gasteiger partial charge in [-0.2, -0.15) is 10.2 Å². The lowest BCUT2D eigenvalue weighted by atomic mass is 10.0. The fourth-order valence-electron chi connectivity index (χ4n) is 3.10. The van der Waals surface area contributed by atoms with Crippen LogP contribution in [0.15, 0.2) is 34.5 Å². The topological polar surface area (TPSA) is 83.4 Å². The Labute approximate surface area is 159 Å². The molecule has 0 aromatic heterocycles. The predicted octanol–water partition coefficient (Wildman–Crippen LogP) is 2.66. The van der Waals surface area contributed by atoms with Crippen molar-refractivity contribution >= 4 is 17.5 Å². The van der Waals surface area contributed by atoms with Gasteiger partial charge in [-0.3, -0.25) is 9.59 Å². The van der Waals surface area contributed by atoms with E-state index in [0.717, 1.165) is 11.4 Å². The Morgan fingerprint density at radius 1 is 1.26 bits per heavy atom. The van der Waals surface area contributed by atoms with Crippen molar-refractivity contribution in [3.05, 3.63) is 24.3 Å². The quantitative estimate of drug-likeness (QED) is 0.537. The van der Waals surface area contributed by atoms with Gasteiger partial charge in [-0.05, 0) is 18.6 Å². The zero-order valence-electron chi connectivity index (χ0n) is 15.3. The maximum atomic E-state index is 12.5. The van der Waals surface area contributed by atoms with Gasteiger partial charge in [0.2, 0.25) is 11.8 Å². The van der Waals surface area contributed by atoms with Gasteiger partial charge in [0.1, 0.15) is 12.4 Å². The largest absolute Gasteiger partial charge is 0.490 e. The van der Waals surface area contributed by atoms with Gasteiger partial charge in [-0.1, -0.05) is 12.1 Å². The summed E-state index contributed by atoms with van der Waals surface area (Å²) in [5.41, 5.74) is 0.385. The van der Waals surface area contributed by atoms with Crippen molar-refractivity contribution in [2.75, 3.05) is 24.6 Å². The number of hydrogen-bond donors (Lipinski definition) is 1. The fourth-order valence-corrected chi connectivity index (χ4v) is 3.10. The zero-order chi connectivity index (χ0) is 19.1. The Morgan fingerprint density at radius 2 is 2.07 bits per heavy atom. The first kappa shape index (κ1) is 18.9. The molecule has 1 aromatic carbocycles. The molecule has 0 bridgehead atoms. The number of hydrogen-bond acceptors (Lipinski definition) is 5. The number of anilines is 1. The minimum atomic E-state index is -0.427. The van der Waals surface area contributed by atoms with E-state index in [1.807, 2.05) is 24.3 Å². The highest BCUT2D eigenvalue weighted by Gasteiger charge is 2.39. The van der Waals surface area contributed by atoms with Crippen molar-refractivity contribution in [1.29, 1.82) is 0 Å². The summed E-state index contributed by atoms with van der Waals surface area (Å²) in [7, 11) is 0. The summed E-state index contributed by atoms with van der Waals surface area (Å²) in [6.45, 7) is 1.52. The van der Waals surface area contributed by atoms with E-state index in [0.29, 0.717) is 58.2 Å². The highest BCUT2D eigenvalue weighted by molar-refractivity contribution is 5.95. The van der Waals surface area contributed by atoms with Crippen molar-refractivity contribution in [3.8, 4) is 18.1 Å². The molecule has 2 aliphatic rings. The average Bonchev–Trinajstić information content (AvgIpc) is 3.48. The lowest BCUT2D eigenvalue weighted by Crippen LogP contribution is -2.38. The number of amides is 2. The normalized spacial score (nSPS) is 16.0. The summed E-state index contributed by atoms with van der Waals surface area (Å²) in [6.07, 6.45) is 8.50. The first-order valence-corrected chi connectivity index (χ1v) is 9.30. The van der Waals surface area contributed by atoms with E-state index >= 15 is 0 Å². The van der Waals surface area contributed by atoms with Gasteiger partial charge in [0.05, 0.1) is 12.2 Å². The first-order chi connectivity index (χ1) is 13.1.